The molecule has 1 N–H and O–H groups in total. The van der Waals surface area contributed by atoms with E-state index < -0.39 is 0 Å². The molecule has 0 bridgehead atoms. The van der Waals surface area contributed by atoms with E-state index in [1.54, 1.807) is 23.5 Å². The minimum absolute atomic E-state index is 0.183. The molecule has 108 valence electrons. The Labute approximate surface area is 145 Å². The molecule has 1 aromatic heterocycles. The van der Waals surface area contributed by atoms with Crippen molar-refractivity contribution >= 4 is 49.9 Å². The van der Waals surface area contributed by atoms with Gasteiger partial charge >= 0.3 is 0 Å². The van der Waals surface area contributed by atoms with Crippen molar-refractivity contribution < 1.29 is 4.39 Å². The minimum Gasteiger partial charge on any atom is -0.310 e. The Morgan fingerprint density at radius 1 is 1.40 bits per heavy atom. The Kier molecular flexibility index (Phi) is 6.45. The molecule has 1 nitrogen and oxygen atoms in total. The summed E-state index contributed by atoms with van der Waals surface area (Å²) in [6.45, 7) is 3.11. The summed E-state index contributed by atoms with van der Waals surface area (Å²) in [6.07, 6.45) is 1.87. The lowest BCUT2D eigenvalue weighted by Crippen LogP contribution is -2.23. The van der Waals surface area contributed by atoms with Gasteiger partial charge in [0, 0.05) is 10.5 Å². The highest BCUT2D eigenvalue weighted by molar-refractivity contribution is 14.1. The summed E-state index contributed by atoms with van der Waals surface area (Å²) in [4.78, 5) is 0. The molecule has 0 fully saturated rings. The molecule has 0 spiro atoms. The summed E-state index contributed by atoms with van der Waals surface area (Å²) in [5, 5.41) is 5.74. The highest BCUT2D eigenvalue weighted by Gasteiger charge is 2.15. The van der Waals surface area contributed by atoms with E-state index in [0.717, 1.165) is 29.4 Å². The minimum atomic E-state index is -0.183. The van der Waals surface area contributed by atoms with Crippen LogP contribution in [0.3, 0.4) is 0 Å². The maximum atomic E-state index is 13.4. The first kappa shape index (κ1) is 16.4. The van der Waals surface area contributed by atoms with Crippen molar-refractivity contribution in [2.24, 2.45) is 0 Å². The summed E-state index contributed by atoms with van der Waals surface area (Å²) in [7, 11) is 0. The lowest BCUT2D eigenvalue weighted by atomic mass is 10.0. The Bertz CT molecular complexity index is 573. The quantitative estimate of drug-likeness (QED) is 0.550. The first-order valence-corrected chi connectivity index (χ1v) is 9.26. The van der Waals surface area contributed by atoms with Gasteiger partial charge in [-0.15, -0.1) is 11.3 Å². The molecule has 2 rings (SSSR count). The van der Waals surface area contributed by atoms with Gasteiger partial charge in [-0.1, -0.05) is 22.9 Å². The molecule has 0 aliphatic heterocycles. The molecule has 1 heterocycles. The fourth-order valence-corrected chi connectivity index (χ4v) is 3.89. The zero-order valence-electron chi connectivity index (χ0n) is 11.1. The zero-order valence-corrected chi connectivity index (χ0v) is 15.7. The first-order valence-electron chi connectivity index (χ1n) is 6.51. The summed E-state index contributed by atoms with van der Waals surface area (Å²) >= 11 is 7.59. The second kappa shape index (κ2) is 7.87. The number of halogens is 3. The van der Waals surface area contributed by atoms with Crippen LogP contribution in [0.1, 0.15) is 30.5 Å². The van der Waals surface area contributed by atoms with E-state index in [2.05, 4.69) is 62.2 Å². The first-order chi connectivity index (χ1) is 9.60. The van der Waals surface area contributed by atoms with E-state index in [1.807, 2.05) is 0 Å². The number of hydrogen-bond acceptors (Lipinski definition) is 2. The molecule has 1 unspecified atom stereocenters. The Balaban J connectivity index is 2.21. The Morgan fingerprint density at radius 3 is 2.85 bits per heavy atom. The molecule has 2 aromatic rings. The van der Waals surface area contributed by atoms with E-state index >= 15 is 0 Å². The van der Waals surface area contributed by atoms with Gasteiger partial charge < -0.3 is 5.32 Å². The molecule has 0 saturated heterocycles. The second-order valence-electron chi connectivity index (χ2n) is 4.63. The predicted molar refractivity (Wildman–Crippen MR) is 95.9 cm³/mol. The van der Waals surface area contributed by atoms with Crippen LogP contribution in [0.2, 0.25) is 0 Å². The molecule has 0 radical (unpaired) electrons. The van der Waals surface area contributed by atoms with Gasteiger partial charge in [0.1, 0.15) is 5.82 Å². The predicted octanol–water partition coefficient (Wildman–Crippen LogP) is 5.54. The lowest BCUT2D eigenvalue weighted by molar-refractivity contribution is 0.527. The van der Waals surface area contributed by atoms with Gasteiger partial charge in [-0.25, -0.2) is 4.39 Å². The Morgan fingerprint density at radius 2 is 2.20 bits per heavy atom. The summed E-state index contributed by atoms with van der Waals surface area (Å²) in [5.41, 5.74) is 2.28. The molecule has 0 amide bonds. The SMILES string of the molecule is CCCNC(Cc1cc(F)ccc1Br)c1csc(I)c1. The van der Waals surface area contributed by atoms with Crippen LogP contribution in [0.5, 0.6) is 0 Å². The van der Waals surface area contributed by atoms with Crippen molar-refractivity contribution in [3.8, 4) is 0 Å². The third kappa shape index (κ3) is 4.51. The smallest absolute Gasteiger partial charge is 0.123 e. The van der Waals surface area contributed by atoms with Crippen LogP contribution in [0.4, 0.5) is 4.39 Å². The van der Waals surface area contributed by atoms with E-state index in [4.69, 9.17) is 0 Å². The van der Waals surface area contributed by atoms with E-state index in [-0.39, 0.29) is 11.9 Å². The zero-order chi connectivity index (χ0) is 14.5. The monoisotopic (exact) mass is 467 g/mol. The Hall–Kier alpha value is 0.0200. The lowest BCUT2D eigenvalue weighted by Gasteiger charge is -2.18. The normalized spacial score (nSPS) is 12.6. The second-order valence-corrected chi connectivity index (χ2v) is 8.29. The van der Waals surface area contributed by atoms with Gasteiger partial charge in [0.2, 0.25) is 0 Å². The van der Waals surface area contributed by atoms with Crippen LogP contribution in [0.15, 0.2) is 34.1 Å². The summed E-state index contributed by atoms with van der Waals surface area (Å²) < 4.78 is 15.7. The third-order valence-electron chi connectivity index (χ3n) is 3.06. The van der Waals surface area contributed by atoms with Crippen molar-refractivity contribution in [2.75, 3.05) is 6.54 Å². The van der Waals surface area contributed by atoms with Gasteiger partial charge in [0.05, 0.1) is 2.88 Å². The molecular formula is C15H16BrFINS. The largest absolute Gasteiger partial charge is 0.310 e. The fourth-order valence-electron chi connectivity index (χ4n) is 2.05. The molecular weight excluding hydrogens is 452 g/mol. The highest BCUT2D eigenvalue weighted by Crippen LogP contribution is 2.28. The summed E-state index contributed by atoms with van der Waals surface area (Å²) in [6, 6.07) is 7.30. The van der Waals surface area contributed by atoms with E-state index in [0.29, 0.717) is 0 Å². The summed E-state index contributed by atoms with van der Waals surface area (Å²) in [5.74, 6) is -0.183. The molecule has 5 heteroatoms. The van der Waals surface area contributed by atoms with Crippen molar-refractivity contribution in [3.05, 3.63) is 53.9 Å². The molecule has 20 heavy (non-hydrogen) atoms. The van der Waals surface area contributed by atoms with E-state index in [1.165, 1.54) is 14.5 Å². The van der Waals surface area contributed by atoms with Crippen LogP contribution in [0.25, 0.3) is 0 Å². The van der Waals surface area contributed by atoms with Gasteiger partial charge in [-0.2, -0.15) is 0 Å². The molecule has 0 aliphatic carbocycles. The highest BCUT2D eigenvalue weighted by atomic mass is 127. The molecule has 0 saturated carbocycles. The van der Waals surface area contributed by atoms with Crippen LogP contribution in [0, 0.1) is 8.70 Å². The van der Waals surface area contributed by atoms with Gasteiger partial charge in [-0.3, -0.25) is 0 Å². The number of nitrogens with one attached hydrogen (secondary N) is 1. The maximum absolute atomic E-state index is 13.4. The van der Waals surface area contributed by atoms with Crippen molar-refractivity contribution in [1.29, 1.82) is 0 Å². The van der Waals surface area contributed by atoms with Crippen LogP contribution in [-0.4, -0.2) is 6.54 Å². The molecule has 0 aliphatic rings. The van der Waals surface area contributed by atoms with Crippen LogP contribution >= 0.6 is 49.9 Å². The van der Waals surface area contributed by atoms with Gasteiger partial charge in [0.25, 0.3) is 0 Å². The maximum Gasteiger partial charge on any atom is 0.123 e. The van der Waals surface area contributed by atoms with Crippen LogP contribution in [-0.2, 0) is 6.42 Å². The topological polar surface area (TPSA) is 12.0 Å². The van der Waals surface area contributed by atoms with Gasteiger partial charge in [0.15, 0.2) is 0 Å². The number of hydrogen-bond donors (Lipinski definition) is 1. The van der Waals surface area contributed by atoms with Gasteiger partial charge in [-0.05, 0) is 82.7 Å². The van der Waals surface area contributed by atoms with Crippen molar-refractivity contribution in [1.82, 2.24) is 5.32 Å². The third-order valence-corrected chi connectivity index (χ3v) is 5.64. The molecule has 1 aromatic carbocycles. The fraction of sp³-hybridized carbons (Fsp3) is 0.333. The number of benzene rings is 1. The average molecular weight is 468 g/mol. The van der Waals surface area contributed by atoms with Crippen molar-refractivity contribution in [3.63, 3.8) is 0 Å². The number of thiophene rings is 1. The standard InChI is InChI=1S/C15H16BrFINS/c1-2-5-19-14(11-8-15(18)20-9-11)7-10-6-12(17)3-4-13(10)16/h3-4,6,8-9,14,19H,2,5,7H2,1H3. The number of rotatable bonds is 6. The van der Waals surface area contributed by atoms with E-state index in [9.17, 15) is 4.39 Å². The van der Waals surface area contributed by atoms with Crippen molar-refractivity contribution in [2.45, 2.75) is 25.8 Å². The molecule has 1 atom stereocenters. The average Bonchev–Trinajstić information content (AvgIpc) is 2.85. The van der Waals surface area contributed by atoms with Crippen LogP contribution < -0.4 is 5.32 Å².